The zero-order valence-electron chi connectivity index (χ0n) is 13.7. The van der Waals surface area contributed by atoms with Gasteiger partial charge in [0.25, 0.3) is 0 Å². The Labute approximate surface area is 137 Å². The molecule has 0 aromatic heterocycles. The van der Waals surface area contributed by atoms with Crippen LogP contribution in [-0.2, 0) is 0 Å². The Morgan fingerprint density at radius 2 is 2.24 bits per heavy atom. The zero-order valence-corrected chi connectivity index (χ0v) is 15.3. The number of hydrogen-bond acceptors (Lipinski definition) is 3. The van der Waals surface area contributed by atoms with Crippen LogP contribution in [0.5, 0.6) is 0 Å². The Kier molecular flexibility index (Phi) is 6.08. The predicted molar refractivity (Wildman–Crippen MR) is 95.2 cm³/mol. The average Bonchev–Trinajstić information content (AvgIpc) is 2.93. The van der Waals surface area contributed by atoms with Crippen LogP contribution in [0.15, 0.2) is 22.7 Å². The van der Waals surface area contributed by atoms with Crippen LogP contribution in [0.4, 0.5) is 5.69 Å². The quantitative estimate of drug-likeness (QED) is 0.841. The van der Waals surface area contributed by atoms with Gasteiger partial charge in [0.15, 0.2) is 0 Å². The normalized spacial score (nSPS) is 20.7. The summed E-state index contributed by atoms with van der Waals surface area (Å²) in [4.78, 5) is 4.98. The second-order valence-electron chi connectivity index (χ2n) is 6.03. The van der Waals surface area contributed by atoms with E-state index in [1.807, 2.05) is 7.05 Å². The van der Waals surface area contributed by atoms with Gasteiger partial charge in [0.05, 0.1) is 5.69 Å². The van der Waals surface area contributed by atoms with E-state index in [4.69, 9.17) is 0 Å². The number of likely N-dealkylation sites (N-methyl/N-ethyl adjacent to an activating group) is 2. The van der Waals surface area contributed by atoms with Crippen LogP contribution in [0.1, 0.15) is 38.3 Å². The average molecular weight is 354 g/mol. The Morgan fingerprint density at radius 3 is 2.86 bits per heavy atom. The van der Waals surface area contributed by atoms with Crippen molar-refractivity contribution in [1.29, 1.82) is 0 Å². The maximum absolute atomic E-state index is 3.74. The molecule has 2 rings (SSSR count). The lowest BCUT2D eigenvalue weighted by atomic mass is 10.1. The third-order valence-corrected chi connectivity index (χ3v) is 5.34. The Balaban J connectivity index is 2.07. The largest absolute Gasteiger partial charge is 0.372 e. The second kappa shape index (κ2) is 7.61. The molecule has 2 unspecified atom stereocenters. The minimum Gasteiger partial charge on any atom is -0.372 e. The Bertz CT molecular complexity index is 463. The first kappa shape index (κ1) is 16.8. The van der Waals surface area contributed by atoms with Gasteiger partial charge >= 0.3 is 0 Å². The number of anilines is 1. The van der Waals surface area contributed by atoms with Gasteiger partial charge in [-0.1, -0.05) is 13.0 Å². The molecule has 0 radical (unpaired) electrons. The van der Waals surface area contributed by atoms with E-state index >= 15 is 0 Å². The maximum Gasteiger partial charge on any atom is 0.0508 e. The van der Waals surface area contributed by atoms with Crippen LogP contribution in [0, 0.1) is 0 Å². The first-order chi connectivity index (χ1) is 10.1. The van der Waals surface area contributed by atoms with E-state index in [9.17, 15) is 0 Å². The fourth-order valence-corrected chi connectivity index (χ4v) is 3.90. The number of rotatable bonds is 6. The van der Waals surface area contributed by atoms with Crippen molar-refractivity contribution in [2.45, 2.75) is 38.8 Å². The van der Waals surface area contributed by atoms with E-state index in [0.717, 1.165) is 13.1 Å². The lowest BCUT2D eigenvalue weighted by Crippen LogP contribution is -2.38. The fraction of sp³-hybridized carbons (Fsp3) is 0.647. The second-order valence-corrected chi connectivity index (χ2v) is 6.88. The van der Waals surface area contributed by atoms with Gasteiger partial charge in [-0.15, -0.1) is 0 Å². The van der Waals surface area contributed by atoms with Crippen molar-refractivity contribution in [2.75, 3.05) is 38.6 Å². The van der Waals surface area contributed by atoms with Crippen molar-refractivity contribution in [3.8, 4) is 0 Å². The van der Waals surface area contributed by atoms with Crippen LogP contribution in [0.3, 0.4) is 0 Å². The number of benzene rings is 1. The molecule has 3 nitrogen and oxygen atoms in total. The molecule has 21 heavy (non-hydrogen) atoms. The standard InChI is InChI=1S/C17H28BrN3/c1-5-21-10-6-7-15(21)12-20(4)17-9-8-14(11-16(17)18)13(2)19-3/h8-9,11,13,15,19H,5-7,10,12H2,1-4H3. The molecule has 0 aliphatic carbocycles. The molecular weight excluding hydrogens is 326 g/mol. The highest BCUT2D eigenvalue weighted by molar-refractivity contribution is 9.10. The van der Waals surface area contributed by atoms with E-state index in [1.54, 1.807) is 0 Å². The van der Waals surface area contributed by atoms with Gasteiger partial charge in [-0.3, -0.25) is 4.90 Å². The molecular formula is C17H28BrN3. The molecule has 4 heteroatoms. The van der Waals surface area contributed by atoms with Gasteiger partial charge in [0.1, 0.15) is 0 Å². The summed E-state index contributed by atoms with van der Waals surface area (Å²) in [6, 6.07) is 7.77. The van der Waals surface area contributed by atoms with E-state index in [-0.39, 0.29) is 0 Å². The summed E-state index contributed by atoms with van der Waals surface area (Å²) < 4.78 is 1.19. The highest BCUT2D eigenvalue weighted by Crippen LogP contribution is 2.30. The molecule has 1 fully saturated rings. The zero-order chi connectivity index (χ0) is 15.4. The summed E-state index contributed by atoms with van der Waals surface area (Å²) in [6.45, 7) is 7.98. The highest BCUT2D eigenvalue weighted by Gasteiger charge is 2.24. The predicted octanol–water partition coefficient (Wildman–Crippen LogP) is 3.65. The molecule has 1 aromatic carbocycles. The van der Waals surface area contributed by atoms with Crippen LogP contribution >= 0.6 is 15.9 Å². The Morgan fingerprint density at radius 1 is 1.48 bits per heavy atom. The van der Waals surface area contributed by atoms with E-state index in [2.05, 4.69) is 70.1 Å². The van der Waals surface area contributed by atoms with Crippen LogP contribution in [0.25, 0.3) is 0 Å². The third-order valence-electron chi connectivity index (χ3n) is 4.71. The molecule has 1 aromatic rings. The summed E-state index contributed by atoms with van der Waals surface area (Å²) in [5.41, 5.74) is 2.60. The van der Waals surface area contributed by atoms with Crippen molar-refractivity contribution in [3.63, 3.8) is 0 Å². The van der Waals surface area contributed by atoms with Crippen molar-refractivity contribution in [1.82, 2.24) is 10.2 Å². The van der Waals surface area contributed by atoms with Crippen molar-refractivity contribution >= 4 is 21.6 Å². The maximum atomic E-state index is 3.74. The minimum absolute atomic E-state index is 0.381. The summed E-state index contributed by atoms with van der Waals surface area (Å²) >= 11 is 3.74. The molecule has 0 amide bonds. The van der Waals surface area contributed by atoms with E-state index < -0.39 is 0 Å². The van der Waals surface area contributed by atoms with Crippen LogP contribution in [-0.4, -0.2) is 44.7 Å². The highest BCUT2D eigenvalue weighted by atomic mass is 79.9. The Hall–Kier alpha value is -0.580. The lowest BCUT2D eigenvalue weighted by molar-refractivity contribution is 0.270. The van der Waals surface area contributed by atoms with Gasteiger partial charge in [-0.25, -0.2) is 0 Å². The smallest absolute Gasteiger partial charge is 0.0508 e. The van der Waals surface area contributed by atoms with Crippen molar-refractivity contribution in [2.24, 2.45) is 0 Å². The van der Waals surface area contributed by atoms with E-state index in [1.165, 1.54) is 35.1 Å². The molecule has 1 heterocycles. The molecule has 0 spiro atoms. The van der Waals surface area contributed by atoms with Gasteiger partial charge in [0.2, 0.25) is 0 Å². The molecule has 1 aliphatic heterocycles. The fourth-order valence-electron chi connectivity index (χ4n) is 3.20. The lowest BCUT2D eigenvalue weighted by Gasteiger charge is -2.30. The topological polar surface area (TPSA) is 18.5 Å². The summed E-state index contributed by atoms with van der Waals surface area (Å²) in [5.74, 6) is 0. The number of hydrogen-bond donors (Lipinski definition) is 1. The van der Waals surface area contributed by atoms with Gasteiger partial charge < -0.3 is 10.2 Å². The third kappa shape index (κ3) is 3.99. The first-order valence-electron chi connectivity index (χ1n) is 7.98. The number of nitrogens with zero attached hydrogens (tertiary/aromatic N) is 2. The van der Waals surface area contributed by atoms with Gasteiger partial charge in [0, 0.05) is 30.1 Å². The molecule has 1 saturated heterocycles. The number of nitrogens with one attached hydrogen (secondary N) is 1. The summed E-state index contributed by atoms with van der Waals surface area (Å²) in [7, 11) is 4.20. The minimum atomic E-state index is 0.381. The van der Waals surface area contributed by atoms with Gasteiger partial charge in [-0.2, -0.15) is 0 Å². The van der Waals surface area contributed by atoms with Gasteiger partial charge in [-0.05, 0) is 73.5 Å². The van der Waals surface area contributed by atoms with Crippen LogP contribution < -0.4 is 10.2 Å². The summed E-state index contributed by atoms with van der Waals surface area (Å²) in [6.07, 6.45) is 2.66. The van der Waals surface area contributed by atoms with E-state index in [0.29, 0.717) is 12.1 Å². The monoisotopic (exact) mass is 353 g/mol. The summed E-state index contributed by atoms with van der Waals surface area (Å²) in [5, 5.41) is 3.29. The molecule has 1 N–H and O–H groups in total. The molecule has 118 valence electrons. The SMILES string of the molecule is CCN1CCCC1CN(C)c1ccc(C(C)NC)cc1Br. The van der Waals surface area contributed by atoms with Crippen molar-refractivity contribution < 1.29 is 0 Å². The number of halogens is 1. The number of likely N-dealkylation sites (tertiary alicyclic amines) is 1. The van der Waals surface area contributed by atoms with Crippen molar-refractivity contribution in [3.05, 3.63) is 28.2 Å². The first-order valence-corrected chi connectivity index (χ1v) is 8.78. The molecule has 1 aliphatic rings. The molecule has 0 saturated carbocycles. The van der Waals surface area contributed by atoms with Crippen LogP contribution in [0.2, 0.25) is 0 Å². The molecule has 2 atom stereocenters. The molecule has 0 bridgehead atoms.